The van der Waals surface area contributed by atoms with E-state index in [0.29, 0.717) is 11.9 Å². The van der Waals surface area contributed by atoms with Crippen LogP contribution in [0.15, 0.2) is 24.5 Å². The Hall–Kier alpha value is -2.31. The van der Waals surface area contributed by atoms with Crippen LogP contribution in [0, 0.1) is 11.6 Å². The van der Waals surface area contributed by atoms with Gasteiger partial charge >= 0.3 is 0 Å². The Balaban J connectivity index is 1.76. The smallest absolute Gasteiger partial charge is 0.254 e. The lowest BCUT2D eigenvalue weighted by molar-refractivity contribution is 0.0932. The zero-order chi connectivity index (χ0) is 16.4. The molecule has 1 fully saturated rings. The molecule has 1 aliphatic carbocycles. The van der Waals surface area contributed by atoms with E-state index < -0.39 is 23.6 Å². The predicted molar refractivity (Wildman–Crippen MR) is 79.8 cm³/mol. The van der Waals surface area contributed by atoms with E-state index in [1.165, 1.54) is 0 Å². The second kappa shape index (κ2) is 6.44. The summed E-state index contributed by atoms with van der Waals surface area (Å²) in [4.78, 5) is 12.2. The van der Waals surface area contributed by atoms with E-state index in [9.17, 15) is 13.6 Å². The Kier molecular flexibility index (Phi) is 4.36. The van der Waals surface area contributed by atoms with Crippen LogP contribution in [0.3, 0.4) is 0 Å². The molecule has 3 rings (SSSR count). The van der Waals surface area contributed by atoms with Gasteiger partial charge in [0.05, 0.1) is 11.6 Å². The van der Waals surface area contributed by atoms with E-state index in [0.717, 1.165) is 43.9 Å². The van der Waals surface area contributed by atoms with Crippen LogP contribution in [-0.4, -0.2) is 20.7 Å². The van der Waals surface area contributed by atoms with Crippen LogP contribution in [0.25, 0.3) is 0 Å². The minimum Gasteiger partial charge on any atom is -0.342 e. The van der Waals surface area contributed by atoms with Gasteiger partial charge in [-0.05, 0) is 38.0 Å². The van der Waals surface area contributed by atoms with Crippen molar-refractivity contribution in [2.75, 3.05) is 0 Å². The van der Waals surface area contributed by atoms with Crippen molar-refractivity contribution in [3.63, 3.8) is 0 Å². The third-order valence-corrected chi connectivity index (χ3v) is 4.23. The summed E-state index contributed by atoms with van der Waals surface area (Å²) < 4.78 is 28.9. The molecule has 0 saturated heterocycles. The second-order valence-corrected chi connectivity index (χ2v) is 5.85. The second-order valence-electron chi connectivity index (χ2n) is 5.85. The maximum absolute atomic E-state index is 13.7. The molecule has 1 saturated carbocycles. The topological polar surface area (TPSA) is 59.8 Å². The maximum atomic E-state index is 13.7. The van der Waals surface area contributed by atoms with Crippen molar-refractivity contribution in [1.82, 2.24) is 20.1 Å². The molecule has 0 radical (unpaired) electrons. The van der Waals surface area contributed by atoms with Crippen LogP contribution in [0.1, 0.15) is 60.9 Å². The number of rotatable bonds is 4. The summed E-state index contributed by atoms with van der Waals surface area (Å²) in [6.07, 6.45) is 6.11. The summed E-state index contributed by atoms with van der Waals surface area (Å²) in [5.41, 5.74) is -0.316. The molecular weight excluding hydrogens is 302 g/mol. The van der Waals surface area contributed by atoms with Crippen LogP contribution >= 0.6 is 0 Å². The fraction of sp³-hybridized carbons (Fsp3) is 0.438. The summed E-state index contributed by atoms with van der Waals surface area (Å²) in [5.74, 6) is -1.45. The Morgan fingerprint density at radius 1 is 1.35 bits per heavy atom. The molecule has 1 aromatic heterocycles. The standard InChI is InChI=1S/C16H18F2N4O/c1-10(15-21-19-9-22(15)12-4-2-3-5-12)20-16(23)13-8-11(17)6-7-14(13)18/h6-10,12H,2-5H2,1H3,(H,20,23)/t10-/m1/s1. The molecular formula is C16H18F2N4O. The van der Waals surface area contributed by atoms with Crippen molar-refractivity contribution in [2.45, 2.75) is 44.7 Å². The van der Waals surface area contributed by atoms with E-state index in [4.69, 9.17) is 0 Å². The number of carbonyl (C=O) groups is 1. The zero-order valence-corrected chi connectivity index (χ0v) is 12.8. The van der Waals surface area contributed by atoms with Crippen LogP contribution in [0.4, 0.5) is 8.78 Å². The highest BCUT2D eigenvalue weighted by Crippen LogP contribution is 2.31. The van der Waals surface area contributed by atoms with Crippen LogP contribution in [0.5, 0.6) is 0 Å². The summed E-state index contributed by atoms with van der Waals surface area (Å²) >= 11 is 0. The number of carbonyl (C=O) groups excluding carboxylic acids is 1. The Morgan fingerprint density at radius 3 is 2.83 bits per heavy atom. The molecule has 2 aromatic rings. The van der Waals surface area contributed by atoms with Gasteiger partial charge in [0.15, 0.2) is 5.82 Å². The highest BCUT2D eigenvalue weighted by atomic mass is 19.1. The van der Waals surface area contributed by atoms with Gasteiger partial charge in [-0.25, -0.2) is 8.78 Å². The first-order valence-corrected chi connectivity index (χ1v) is 7.71. The molecule has 0 unspecified atom stereocenters. The predicted octanol–water partition coefficient (Wildman–Crippen LogP) is 3.16. The highest BCUT2D eigenvalue weighted by molar-refractivity contribution is 5.94. The molecule has 23 heavy (non-hydrogen) atoms. The number of aromatic nitrogens is 3. The molecule has 1 amide bonds. The molecule has 0 spiro atoms. The van der Waals surface area contributed by atoms with E-state index in [2.05, 4.69) is 15.5 Å². The molecule has 5 nitrogen and oxygen atoms in total. The first-order chi connectivity index (χ1) is 11.1. The van der Waals surface area contributed by atoms with Crippen LogP contribution in [0.2, 0.25) is 0 Å². The summed E-state index contributed by atoms with van der Waals surface area (Å²) in [5, 5.41) is 10.7. The first-order valence-electron chi connectivity index (χ1n) is 7.71. The Morgan fingerprint density at radius 2 is 2.09 bits per heavy atom. The van der Waals surface area contributed by atoms with Crippen molar-refractivity contribution < 1.29 is 13.6 Å². The van der Waals surface area contributed by atoms with Gasteiger partial charge in [0, 0.05) is 6.04 Å². The average molecular weight is 320 g/mol. The molecule has 1 heterocycles. The first kappa shape index (κ1) is 15.6. The number of nitrogens with zero attached hydrogens (tertiary/aromatic N) is 3. The number of nitrogens with one attached hydrogen (secondary N) is 1. The van der Waals surface area contributed by atoms with E-state index in [1.807, 2.05) is 4.57 Å². The molecule has 1 aromatic carbocycles. The van der Waals surface area contributed by atoms with Gasteiger partial charge < -0.3 is 9.88 Å². The van der Waals surface area contributed by atoms with Gasteiger partial charge in [0.2, 0.25) is 0 Å². The number of amides is 1. The normalized spacial score (nSPS) is 16.5. The molecule has 1 N–H and O–H groups in total. The molecule has 1 atom stereocenters. The summed E-state index contributed by atoms with van der Waals surface area (Å²) in [7, 11) is 0. The summed E-state index contributed by atoms with van der Waals surface area (Å²) in [6.45, 7) is 1.75. The third kappa shape index (κ3) is 3.23. The number of benzene rings is 1. The van der Waals surface area contributed by atoms with Crippen molar-refractivity contribution >= 4 is 5.91 Å². The number of hydrogen-bond donors (Lipinski definition) is 1. The van der Waals surface area contributed by atoms with Crippen molar-refractivity contribution in [1.29, 1.82) is 0 Å². The van der Waals surface area contributed by atoms with Crippen molar-refractivity contribution in [2.24, 2.45) is 0 Å². The average Bonchev–Trinajstić information content (AvgIpc) is 3.19. The van der Waals surface area contributed by atoms with Crippen LogP contribution < -0.4 is 5.32 Å². The highest BCUT2D eigenvalue weighted by Gasteiger charge is 2.24. The van der Waals surface area contributed by atoms with Gasteiger partial charge in [-0.2, -0.15) is 0 Å². The maximum Gasteiger partial charge on any atom is 0.254 e. The van der Waals surface area contributed by atoms with Gasteiger partial charge in [-0.1, -0.05) is 12.8 Å². The quantitative estimate of drug-likeness (QED) is 0.941. The van der Waals surface area contributed by atoms with E-state index >= 15 is 0 Å². The molecule has 7 heteroatoms. The number of halogens is 2. The lowest BCUT2D eigenvalue weighted by atomic mass is 10.1. The SMILES string of the molecule is C[C@@H](NC(=O)c1cc(F)ccc1F)c1nncn1C1CCCC1. The lowest BCUT2D eigenvalue weighted by Gasteiger charge is -2.18. The summed E-state index contributed by atoms with van der Waals surface area (Å²) in [6, 6.07) is 2.69. The Labute approximate surface area is 132 Å². The number of hydrogen-bond acceptors (Lipinski definition) is 3. The lowest BCUT2D eigenvalue weighted by Crippen LogP contribution is -2.30. The zero-order valence-electron chi connectivity index (χ0n) is 12.8. The van der Waals surface area contributed by atoms with Crippen molar-refractivity contribution in [3.05, 3.63) is 47.5 Å². The fourth-order valence-corrected chi connectivity index (χ4v) is 3.04. The van der Waals surface area contributed by atoms with Gasteiger partial charge in [0.25, 0.3) is 5.91 Å². The van der Waals surface area contributed by atoms with Gasteiger partial charge in [-0.3, -0.25) is 4.79 Å². The minimum atomic E-state index is -0.756. The molecule has 0 bridgehead atoms. The fourth-order valence-electron chi connectivity index (χ4n) is 3.04. The van der Waals surface area contributed by atoms with Gasteiger partial charge in [0.1, 0.15) is 18.0 Å². The monoisotopic (exact) mass is 320 g/mol. The molecule has 1 aliphatic rings. The van der Waals surface area contributed by atoms with Crippen LogP contribution in [-0.2, 0) is 0 Å². The van der Waals surface area contributed by atoms with E-state index in [-0.39, 0.29) is 5.56 Å². The largest absolute Gasteiger partial charge is 0.342 e. The van der Waals surface area contributed by atoms with Gasteiger partial charge in [-0.15, -0.1) is 10.2 Å². The van der Waals surface area contributed by atoms with E-state index in [1.54, 1.807) is 13.3 Å². The minimum absolute atomic E-state index is 0.316. The Bertz CT molecular complexity index is 710. The van der Waals surface area contributed by atoms with Crippen molar-refractivity contribution in [3.8, 4) is 0 Å². The molecule has 122 valence electrons. The third-order valence-electron chi connectivity index (χ3n) is 4.23. The molecule has 0 aliphatic heterocycles.